The topological polar surface area (TPSA) is 66.8 Å². The maximum atomic E-state index is 10.6. The van der Waals surface area contributed by atoms with Crippen LogP contribution in [-0.2, 0) is 4.74 Å². The molecule has 11 heavy (non-hydrogen) atoms. The minimum atomic E-state index is -0.534. The highest BCUT2D eigenvalue weighted by Crippen LogP contribution is 2.16. The van der Waals surface area contributed by atoms with Crippen LogP contribution in [0.5, 0.6) is 0 Å². The average molecular weight is 198 g/mol. The third kappa shape index (κ3) is 6.49. The zero-order valence-electron chi connectivity index (χ0n) is 5.77. The number of thioether (sulfide) groups is 1. The van der Waals surface area contributed by atoms with Crippen LogP contribution < -0.4 is 0 Å². The fourth-order valence-corrected chi connectivity index (χ4v) is 1.02. The zero-order valence-corrected chi connectivity index (χ0v) is 7.48. The van der Waals surface area contributed by atoms with Crippen molar-refractivity contribution in [3.63, 3.8) is 0 Å². The summed E-state index contributed by atoms with van der Waals surface area (Å²) in [6, 6.07) is 0. The van der Waals surface area contributed by atoms with E-state index >= 15 is 0 Å². The van der Waals surface area contributed by atoms with Gasteiger partial charge in [0.2, 0.25) is 0 Å². The molecule has 0 aromatic heterocycles. The van der Waals surface area contributed by atoms with Crippen molar-refractivity contribution in [1.29, 1.82) is 0 Å². The molecule has 0 bridgehead atoms. The molecule has 4 nitrogen and oxygen atoms in total. The Morgan fingerprint density at radius 3 is 2.73 bits per heavy atom. The van der Waals surface area contributed by atoms with Gasteiger partial charge >= 0.3 is 5.30 Å². The molecule has 1 unspecified atom stereocenters. The Morgan fingerprint density at radius 1 is 1.64 bits per heavy atom. The first kappa shape index (κ1) is 11.1. The Bertz CT molecular complexity index is 119. The third-order valence-electron chi connectivity index (χ3n) is 0.700. The standard InChI is InChI=1S/C5H10O4S2/c6-1-2-9-5(8)11-4(10)3-7/h4,6-7,10H,1-3H2. The van der Waals surface area contributed by atoms with Gasteiger partial charge < -0.3 is 14.9 Å². The molecule has 0 spiro atoms. The van der Waals surface area contributed by atoms with Crippen LogP contribution in [0.1, 0.15) is 0 Å². The summed E-state index contributed by atoms with van der Waals surface area (Å²) < 4.78 is 4.02. The Balaban J connectivity index is 3.36. The molecule has 0 aromatic carbocycles. The van der Waals surface area contributed by atoms with Crippen molar-refractivity contribution in [2.45, 2.75) is 4.58 Å². The molecule has 0 amide bonds. The van der Waals surface area contributed by atoms with Crippen LogP contribution >= 0.6 is 24.4 Å². The molecule has 0 heterocycles. The normalized spacial score (nSPS) is 12.6. The summed E-state index contributed by atoms with van der Waals surface area (Å²) >= 11 is 4.62. The van der Waals surface area contributed by atoms with Crippen molar-refractivity contribution in [3.8, 4) is 0 Å². The summed E-state index contributed by atoms with van der Waals surface area (Å²) in [6.07, 6.45) is 0. The van der Waals surface area contributed by atoms with Crippen LogP contribution in [0.4, 0.5) is 4.79 Å². The molecule has 0 fully saturated rings. The maximum absolute atomic E-state index is 10.6. The molecule has 0 saturated carbocycles. The molecule has 6 heteroatoms. The molecule has 1 atom stereocenters. The second-order valence-corrected chi connectivity index (χ2v) is 3.69. The Hall–Kier alpha value is 0.0900. The van der Waals surface area contributed by atoms with Crippen molar-refractivity contribution in [3.05, 3.63) is 0 Å². The minimum absolute atomic E-state index is 0.0161. The van der Waals surface area contributed by atoms with Gasteiger partial charge in [-0.2, -0.15) is 12.6 Å². The lowest BCUT2D eigenvalue weighted by atomic mass is 10.8. The SMILES string of the molecule is O=C(OCCO)SC(S)CO. The number of rotatable bonds is 4. The summed E-state index contributed by atoms with van der Waals surface area (Å²) in [7, 11) is 0. The van der Waals surface area contributed by atoms with Crippen LogP contribution in [0.15, 0.2) is 0 Å². The fraction of sp³-hybridized carbons (Fsp3) is 0.800. The summed E-state index contributed by atoms with van der Waals surface area (Å²) in [5, 5.41) is 16.2. The maximum Gasteiger partial charge on any atom is 0.368 e. The number of hydrogen-bond donors (Lipinski definition) is 3. The van der Waals surface area contributed by atoms with E-state index in [1.807, 2.05) is 0 Å². The number of aliphatic hydroxyl groups is 2. The number of thiol groups is 1. The lowest BCUT2D eigenvalue weighted by molar-refractivity contribution is 0.141. The molecule has 2 N–H and O–H groups in total. The van der Waals surface area contributed by atoms with E-state index in [4.69, 9.17) is 10.2 Å². The van der Waals surface area contributed by atoms with Crippen molar-refractivity contribution < 1.29 is 19.7 Å². The van der Waals surface area contributed by atoms with E-state index < -0.39 is 9.88 Å². The minimum Gasteiger partial charge on any atom is -0.455 e. The predicted molar refractivity (Wildman–Crippen MR) is 45.9 cm³/mol. The van der Waals surface area contributed by atoms with Crippen LogP contribution in [0.25, 0.3) is 0 Å². The van der Waals surface area contributed by atoms with E-state index in [2.05, 4.69) is 17.4 Å². The molecule has 0 saturated heterocycles. The van der Waals surface area contributed by atoms with Gasteiger partial charge in [-0.15, -0.1) is 0 Å². The number of ether oxygens (including phenoxy) is 1. The molecule has 66 valence electrons. The van der Waals surface area contributed by atoms with Crippen LogP contribution in [-0.4, -0.2) is 39.9 Å². The van der Waals surface area contributed by atoms with Gasteiger partial charge in [0.15, 0.2) is 0 Å². The molecule has 0 radical (unpaired) electrons. The Kier molecular flexibility index (Phi) is 6.83. The highest BCUT2D eigenvalue weighted by molar-refractivity contribution is 8.20. The van der Waals surface area contributed by atoms with Crippen molar-refractivity contribution in [2.75, 3.05) is 19.8 Å². The molecule has 0 aliphatic heterocycles. The summed E-state index contributed by atoms with van der Waals surface area (Å²) in [5.41, 5.74) is 0. The van der Waals surface area contributed by atoms with Gasteiger partial charge in [-0.05, 0) is 11.8 Å². The lowest BCUT2D eigenvalue weighted by Crippen LogP contribution is -2.08. The zero-order chi connectivity index (χ0) is 8.69. The molecular weight excluding hydrogens is 188 g/mol. The first-order chi connectivity index (χ1) is 5.20. The second-order valence-electron chi connectivity index (χ2n) is 1.58. The Morgan fingerprint density at radius 2 is 2.27 bits per heavy atom. The van der Waals surface area contributed by atoms with Gasteiger partial charge in [-0.25, -0.2) is 4.79 Å². The van der Waals surface area contributed by atoms with E-state index in [9.17, 15) is 4.79 Å². The number of hydrogen-bond acceptors (Lipinski definition) is 6. The predicted octanol–water partition coefficient (Wildman–Crippen LogP) is 0.0967. The van der Waals surface area contributed by atoms with E-state index in [-0.39, 0.29) is 19.8 Å². The van der Waals surface area contributed by atoms with Gasteiger partial charge in [0.05, 0.1) is 17.8 Å². The van der Waals surface area contributed by atoms with E-state index in [0.717, 1.165) is 11.8 Å². The van der Waals surface area contributed by atoms with E-state index in [0.29, 0.717) is 0 Å². The largest absolute Gasteiger partial charge is 0.455 e. The van der Waals surface area contributed by atoms with Gasteiger partial charge in [0, 0.05) is 0 Å². The van der Waals surface area contributed by atoms with Crippen LogP contribution in [0.2, 0.25) is 0 Å². The van der Waals surface area contributed by atoms with Crippen LogP contribution in [0.3, 0.4) is 0 Å². The highest BCUT2D eigenvalue weighted by atomic mass is 32.2. The van der Waals surface area contributed by atoms with E-state index in [1.54, 1.807) is 0 Å². The molecule has 0 aliphatic rings. The van der Waals surface area contributed by atoms with Gasteiger partial charge in [-0.3, -0.25) is 0 Å². The number of carbonyl (C=O) groups is 1. The Labute approximate surface area is 74.3 Å². The monoisotopic (exact) mass is 198 g/mol. The summed E-state index contributed by atoms with van der Waals surface area (Å²) in [4.78, 5) is 10.6. The van der Waals surface area contributed by atoms with Gasteiger partial charge in [0.1, 0.15) is 6.61 Å². The fourth-order valence-electron chi connectivity index (χ4n) is 0.311. The van der Waals surface area contributed by atoms with Gasteiger partial charge in [0.25, 0.3) is 0 Å². The molecule has 0 aliphatic carbocycles. The first-order valence-electron chi connectivity index (χ1n) is 2.94. The van der Waals surface area contributed by atoms with Gasteiger partial charge in [-0.1, -0.05) is 0 Å². The average Bonchev–Trinajstić information content (AvgIpc) is 2.00. The van der Waals surface area contributed by atoms with Crippen molar-refractivity contribution in [1.82, 2.24) is 0 Å². The highest BCUT2D eigenvalue weighted by Gasteiger charge is 2.09. The summed E-state index contributed by atoms with van der Waals surface area (Å²) in [6.45, 7) is -0.400. The summed E-state index contributed by atoms with van der Waals surface area (Å²) in [5.74, 6) is 0. The van der Waals surface area contributed by atoms with Crippen LogP contribution in [0, 0.1) is 0 Å². The van der Waals surface area contributed by atoms with E-state index in [1.165, 1.54) is 0 Å². The quantitative estimate of drug-likeness (QED) is 0.339. The van der Waals surface area contributed by atoms with Crippen molar-refractivity contribution in [2.24, 2.45) is 0 Å². The molecule has 0 rings (SSSR count). The second kappa shape index (κ2) is 6.78. The first-order valence-corrected chi connectivity index (χ1v) is 4.33. The number of aliphatic hydroxyl groups excluding tert-OH is 2. The lowest BCUT2D eigenvalue weighted by Gasteiger charge is -2.04. The third-order valence-corrected chi connectivity index (χ3v) is 1.91. The molecular formula is C5H10O4S2. The molecule has 0 aromatic rings. The smallest absolute Gasteiger partial charge is 0.368 e. The number of carbonyl (C=O) groups excluding carboxylic acids is 1. The van der Waals surface area contributed by atoms with Crippen molar-refractivity contribution >= 4 is 29.7 Å².